The van der Waals surface area contributed by atoms with Gasteiger partial charge in [0.05, 0.1) is 20.0 Å². The fourth-order valence-corrected chi connectivity index (χ4v) is 1.45. The molecule has 3 N–H and O–H groups in total. The standard InChI is InChI=1S/C7H7ClFIN2/c1-12-4-2-3(8)6(10)5(9)7(4)11/h2,12H,11H2,1H3. The summed E-state index contributed by atoms with van der Waals surface area (Å²) >= 11 is 7.54. The third kappa shape index (κ3) is 1.59. The van der Waals surface area contributed by atoms with Gasteiger partial charge in [0.1, 0.15) is 0 Å². The Hall–Kier alpha value is -0.230. The first-order chi connectivity index (χ1) is 5.57. The van der Waals surface area contributed by atoms with E-state index >= 15 is 0 Å². The van der Waals surface area contributed by atoms with E-state index in [0.29, 0.717) is 14.3 Å². The van der Waals surface area contributed by atoms with Gasteiger partial charge in [0.2, 0.25) is 0 Å². The van der Waals surface area contributed by atoms with Crippen LogP contribution in [0.5, 0.6) is 0 Å². The van der Waals surface area contributed by atoms with Crippen molar-refractivity contribution in [2.45, 2.75) is 0 Å². The van der Waals surface area contributed by atoms with Crippen molar-refractivity contribution in [3.05, 3.63) is 20.5 Å². The molecule has 0 bridgehead atoms. The molecule has 0 radical (unpaired) electrons. The van der Waals surface area contributed by atoms with Crippen LogP contribution in [0.4, 0.5) is 15.8 Å². The maximum absolute atomic E-state index is 13.2. The van der Waals surface area contributed by atoms with Crippen LogP contribution in [0.25, 0.3) is 0 Å². The monoisotopic (exact) mass is 300 g/mol. The third-order valence-electron chi connectivity index (χ3n) is 1.47. The molecule has 66 valence electrons. The van der Waals surface area contributed by atoms with Gasteiger partial charge in [-0.2, -0.15) is 0 Å². The maximum Gasteiger partial charge on any atom is 0.163 e. The predicted molar refractivity (Wildman–Crippen MR) is 58.1 cm³/mol. The van der Waals surface area contributed by atoms with Crippen LogP contribution >= 0.6 is 34.2 Å². The quantitative estimate of drug-likeness (QED) is 0.475. The summed E-state index contributed by atoms with van der Waals surface area (Å²) in [5.41, 5.74) is 6.08. The van der Waals surface area contributed by atoms with Crippen LogP contribution in [0.15, 0.2) is 6.07 Å². The minimum absolute atomic E-state index is 0.103. The molecule has 0 aromatic heterocycles. The van der Waals surface area contributed by atoms with Crippen molar-refractivity contribution in [2.24, 2.45) is 0 Å². The van der Waals surface area contributed by atoms with Gasteiger partial charge >= 0.3 is 0 Å². The van der Waals surface area contributed by atoms with E-state index in [1.54, 1.807) is 13.1 Å². The Kier molecular flexibility index (Phi) is 3.00. The molecule has 0 aliphatic heterocycles. The van der Waals surface area contributed by atoms with Crippen LogP contribution in [0.2, 0.25) is 5.02 Å². The second kappa shape index (κ2) is 3.66. The molecule has 0 saturated heterocycles. The highest BCUT2D eigenvalue weighted by atomic mass is 127. The fourth-order valence-electron chi connectivity index (χ4n) is 0.816. The molecule has 0 unspecified atom stereocenters. The maximum atomic E-state index is 13.2. The Bertz CT molecular complexity index is 317. The van der Waals surface area contributed by atoms with Crippen LogP contribution in [-0.2, 0) is 0 Å². The van der Waals surface area contributed by atoms with Crippen molar-refractivity contribution in [3.8, 4) is 0 Å². The zero-order valence-corrected chi connectivity index (χ0v) is 9.20. The lowest BCUT2D eigenvalue weighted by molar-refractivity contribution is 0.625. The number of nitrogen functional groups attached to an aromatic ring is 1. The number of benzene rings is 1. The normalized spacial score (nSPS) is 10.0. The van der Waals surface area contributed by atoms with Gasteiger partial charge in [-0.1, -0.05) is 11.6 Å². The van der Waals surface area contributed by atoms with Gasteiger partial charge in [-0.05, 0) is 28.7 Å². The number of anilines is 2. The molecule has 0 heterocycles. The average molecular weight is 301 g/mol. The van der Waals surface area contributed by atoms with Crippen molar-refractivity contribution in [3.63, 3.8) is 0 Å². The van der Waals surface area contributed by atoms with Gasteiger partial charge in [0, 0.05) is 7.05 Å². The van der Waals surface area contributed by atoms with Crippen LogP contribution in [-0.4, -0.2) is 7.05 Å². The van der Waals surface area contributed by atoms with Crippen molar-refractivity contribution in [1.82, 2.24) is 0 Å². The lowest BCUT2D eigenvalue weighted by Crippen LogP contribution is -2.00. The number of rotatable bonds is 1. The van der Waals surface area contributed by atoms with Crippen LogP contribution in [0.3, 0.4) is 0 Å². The van der Waals surface area contributed by atoms with Crippen molar-refractivity contribution in [1.29, 1.82) is 0 Å². The largest absolute Gasteiger partial charge is 0.395 e. The Balaban J connectivity index is 3.39. The zero-order chi connectivity index (χ0) is 9.30. The number of nitrogens with two attached hydrogens (primary N) is 1. The van der Waals surface area contributed by atoms with E-state index in [1.807, 2.05) is 22.6 Å². The predicted octanol–water partition coefficient (Wildman–Crippen LogP) is 2.71. The van der Waals surface area contributed by atoms with E-state index in [0.717, 1.165) is 0 Å². The molecule has 1 aromatic rings. The van der Waals surface area contributed by atoms with E-state index in [4.69, 9.17) is 17.3 Å². The van der Waals surface area contributed by atoms with Crippen molar-refractivity contribution in [2.75, 3.05) is 18.1 Å². The number of halogens is 3. The summed E-state index contributed by atoms with van der Waals surface area (Å²) in [4.78, 5) is 0. The number of nitrogens with one attached hydrogen (secondary N) is 1. The van der Waals surface area contributed by atoms with E-state index < -0.39 is 5.82 Å². The molecule has 0 saturated carbocycles. The lowest BCUT2D eigenvalue weighted by atomic mass is 10.2. The molecule has 0 amide bonds. The minimum Gasteiger partial charge on any atom is -0.395 e. The molecule has 0 fully saturated rings. The van der Waals surface area contributed by atoms with Gasteiger partial charge in [0.15, 0.2) is 5.82 Å². The molecular weight excluding hydrogens is 293 g/mol. The number of hydrogen-bond acceptors (Lipinski definition) is 2. The van der Waals surface area contributed by atoms with Crippen molar-refractivity contribution < 1.29 is 4.39 Å². The first-order valence-electron chi connectivity index (χ1n) is 3.18. The summed E-state index contributed by atoms with van der Waals surface area (Å²) < 4.78 is 13.5. The summed E-state index contributed by atoms with van der Waals surface area (Å²) in [6, 6.07) is 1.60. The smallest absolute Gasteiger partial charge is 0.163 e. The highest BCUT2D eigenvalue weighted by Crippen LogP contribution is 2.31. The fraction of sp³-hybridized carbons (Fsp3) is 0.143. The Morgan fingerprint density at radius 1 is 1.67 bits per heavy atom. The first kappa shape index (κ1) is 9.85. The van der Waals surface area contributed by atoms with Crippen LogP contribution < -0.4 is 11.1 Å². The molecule has 12 heavy (non-hydrogen) atoms. The number of hydrogen-bond donors (Lipinski definition) is 2. The first-order valence-corrected chi connectivity index (χ1v) is 4.64. The third-order valence-corrected chi connectivity index (χ3v) is 3.14. The molecule has 1 rings (SSSR count). The highest BCUT2D eigenvalue weighted by Gasteiger charge is 2.11. The second-order valence-electron chi connectivity index (χ2n) is 2.20. The summed E-state index contributed by atoms with van der Waals surface area (Å²) in [5, 5.41) is 3.12. The molecule has 0 aliphatic rings. The van der Waals surface area contributed by atoms with E-state index in [-0.39, 0.29) is 5.69 Å². The topological polar surface area (TPSA) is 38.0 Å². The lowest BCUT2D eigenvalue weighted by Gasteiger charge is -2.08. The summed E-state index contributed by atoms with van der Waals surface area (Å²) in [7, 11) is 1.66. The molecule has 2 nitrogen and oxygen atoms in total. The zero-order valence-electron chi connectivity index (χ0n) is 6.29. The van der Waals surface area contributed by atoms with Crippen LogP contribution in [0.1, 0.15) is 0 Å². The van der Waals surface area contributed by atoms with Crippen molar-refractivity contribution >= 4 is 45.6 Å². The Morgan fingerprint density at radius 2 is 2.25 bits per heavy atom. The van der Waals surface area contributed by atoms with E-state index in [2.05, 4.69) is 5.32 Å². The summed E-state index contributed by atoms with van der Waals surface area (Å²) in [6.07, 6.45) is 0. The van der Waals surface area contributed by atoms with Crippen LogP contribution in [0, 0.1) is 9.39 Å². The Morgan fingerprint density at radius 3 is 2.75 bits per heavy atom. The van der Waals surface area contributed by atoms with Gasteiger partial charge in [0.25, 0.3) is 0 Å². The molecule has 0 aliphatic carbocycles. The van der Waals surface area contributed by atoms with Gasteiger partial charge in [-0.3, -0.25) is 0 Å². The van der Waals surface area contributed by atoms with Gasteiger partial charge < -0.3 is 11.1 Å². The molecule has 5 heteroatoms. The molecular formula is C7H7ClFIN2. The molecule has 1 aromatic carbocycles. The van der Waals surface area contributed by atoms with E-state index in [9.17, 15) is 4.39 Å². The highest BCUT2D eigenvalue weighted by molar-refractivity contribution is 14.1. The molecule has 0 spiro atoms. The van der Waals surface area contributed by atoms with E-state index in [1.165, 1.54) is 0 Å². The molecule has 0 atom stereocenters. The summed E-state index contributed by atoms with van der Waals surface area (Å²) in [6.45, 7) is 0. The summed E-state index contributed by atoms with van der Waals surface area (Å²) in [5.74, 6) is -0.465. The minimum atomic E-state index is -0.465. The van der Waals surface area contributed by atoms with Gasteiger partial charge in [-0.15, -0.1) is 0 Å². The average Bonchev–Trinajstić information content (AvgIpc) is 2.08. The Labute approximate surface area is 88.4 Å². The second-order valence-corrected chi connectivity index (χ2v) is 3.68. The van der Waals surface area contributed by atoms with Gasteiger partial charge in [-0.25, -0.2) is 4.39 Å². The SMILES string of the molecule is CNc1cc(Cl)c(I)c(F)c1N.